The van der Waals surface area contributed by atoms with E-state index in [2.05, 4.69) is 5.32 Å². The van der Waals surface area contributed by atoms with Crippen LogP contribution < -0.4 is 10.2 Å². The third kappa shape index (κ3) is 3.90. The number of nitrogens with one attached hydrogen (secondary N) is 1. The van der Waals surface area contributed by atoms with Crippen molar-refractivity contribution < 1.29 is 19.1 Å². The molecule has 0 radical (unpaired) electrons. The van der Waals surface area contributed by atoms with Gasteiger partial charge in [0.25, 0.3) is 0 Å². The molecule has 1 aliphatic rings. The van der Waals surface area contributed by atoms with Gasteiger partial charge in [-0.3, -0.25) is 10.2 Å². The molecule has 1 N–H and O–H groups in total. The molecular weight excluding hydrogens is 284 g/mol. The zero-order valence-corrected chi connectivity index (χ0v) is 13.4. The molecule has 1 aromatic carbocycles. The summed E-state index contributed by atoms with van der Waals surface area (Å²) in [6.07, 6.45) is -0.230. The number of anilines is 2. The summed E-state index contributed by atoms with van der Waals surface area (Å²) in [5.74, 6) is 0. The van der Waals surface area contributed by atoms with Gasteiger partial charge < -0.3 is 9.47 Å². The van der Waals surface area contributed by atoms with Gasteiger partial charge in [-0.25, -0.2) is 9.59 Å². The van der Waals surface area contributed by atoms with Crippen LogP contribution in [0.15, 0.2) is 18.2 Å². The van der Waals surface area contributed by atoms with Crippen LogP contribution in [-0.2, 0) is 15.9 Å². The van der Waals surface area contributed by atoms with E-state index in [0.717, 1.165) is 11.3 Å². The summed E-state index contributed by atoms with van der Waals surface area (Å²) < 4.78 is 10.4. The van der Waals surface area contributed by atoms with Crippen LogP contribution in [0.25, 0.3) is 0 Å². The van der Waals surface area contributed by atoms with Gasteiger partial charge in [-0.2, -0.15) is 0 Å². The zero-order chi connectivity index (χ0) is 16.3. The highest BCUT2D eigenvalue weighted by Gasteiger charge is 2.23. The lowest BCUT2D eigenvalue weighted by molar-refractivity contribution is 0.0636. The van der Waals surface area contributed by atoms with E-state index in [4.69, 9.17) is 9.47 Å². The van der Waals surface area contributed by atoms with Crippen molar-refractivity contribution in [2.24, 2.45) is 0 Å². The summed E-state index contributed by atoms with van der Waals surface area (Å²) in [6.45, 7) is 8.16. The summed E-state index contributed by atoms with van der Waals surface area (Å²) in [7, 11) is 0. The standard InChI is InChI=1S/C16H22N2O4/c1-5-18-13-10-12(17-14(19)22-16(2,3)4)7-6-11(13)8-9-21-15(18)20/h6-7,10H,5,8-9H2,1-4H3,(H,17,19). The number of nitrogens with zero attached hydrogens (tertiary/aromatic N) is 1. The number of amides is 2. The normalized spacial score (nSPS) is 14.7. The Morgan fingerprint density at radius 1 is 1.41 bits per heavy atom. The molecule has 0 aliphatic carbocycles. The summed E-state index contributed by atoms with van der Waals surface area (Å²) in [6, 6.07) is 5.47. The summed E-state index contributed by atoms with van der Waals surface area (Å²) in [5.41, 5.74) is 1.80. The van der Waals surface area contributed by atoms with Crippen molar-refractivity contribution in [3.05, 3.63) is 23.8 Å². The smallest absolute Gasteiger partial charge is 0.414 e. The minimum atomic E-state index is -0.560. The lowest BCUT2D eigenvalue weighted by atomic mass is 10.1. The number of rotatable bonds is 2. The maximum atomic E-state index is 11.9. The molecule has 2 amide bonds. The second kappa shape index (κ2) is 6.25. The number of carbonyl (C=O) groups excluding carboxylic acids is 2. The first kappa shape index (κ1) is 16.1. The molecule has 0 spiro atoms. The van der Waals surface area contributed by atoms with Gasteiger partial charge in [0.2, 0.25) is 0 Å². The predicted octanol–water partition coefficient (Wildman–Crippen LogP) is 3.55. The number of fused-ring (bicyclic) bond motifs is 1. The van der Waals surface area contributed by atoms with Crippen LogP contribution in [0.1, 0.15) is 33.3 Å². The maximum absolute atomic E-state index is 11.9. The van der Waals surface area contributed by atoms with E-state index in [9.17, 15) is 9.59 Å². The van der Waals surface area contributed by atoms with Crippen LogP contribution in [0.3, 0.4) is 0 Å². The van der Waals surface area contributed by atoms with Gasteiger partial charge >= 0.3 is 12.2 Å². The van der Waals surface area contributed by atoms with Gasteiger partial charge in [-0.05, 0) is 45.4 Å². The van der Waals surface area contributed by atoms with Crippen molar-refractivity contribution in [1.82, 2.24) is 0 Å². The van der Waals surface area contributed by atoms with Gasteiger partial charge in [0.1, 0.15) is 5.60 Å². The molecule has 0 atom stereocenters. The van der Waals surface area contributed by atoms with E-state index in [1.807, 2.05) is 13.0 Å². The van der Waals surface area contributed by atoms with Gasteiger partial charge in [-0.15, -0.1) is 0 Å². The highest BCUT2D eigenvalue weighted by Crippen LogP contribution is 2.28. The number of benzene rings is 1. The molecule has 0 aromatic heterocycles. The average Bonchev–Trinajstić information content (AvgIpc) is 2.54. The van der Waals surface area contributed by atoms with Gasteiger partial charge in [0, 0.05) is 18.7 Å². The van der Waals surface area contributed by atoms with Crippen molar-refractivity contribution >= 4 is 23.6 Å². The number of ether oxygens (including phenoxy) is 2. The molecule has 1 heterocycles. The minimum absolute atomic E-state index is 0.362. The largest absolute Gasteiger partial charge is 0.449 e. The highest BCUT2D eigenvalue weighted by molar-refractivity contribution is 5.92. The minimum Gasteiger partial charge on any atom is -0.449 e. The fourth-order valence-corrected chi connectivity index (χ4v) is 2.25. The summed E-state index contributed by atoms with van der Waals surface area (Å²) >= 11 is 0. The maximum Gasteiger partial charge on any atom is 0.414 e. The summed E-state index contributed by atoms with van der Waals surface area (Å²) in [5, 5.41) is 2.69. The molecule has 0 unspecified atom stereocenters. The molecule has 6 nitrogen and oxygen atoms in total. The third-order valence-electron chi connectivity index (χ3n) is 3.15. The Morgan fingerprint density at radius 3 is 2.77 bits per heavy atom. The average molecular weight is 306 g/mol. The predicted molar refractivity (Wildman–Crippen MR) is 84.4 cm³/mol. The van der Waals surface area contributed by atoms with Crippen molar-refractivity contribution in [1.29, 1.82) is 0 Å². The fourth-order valence-electron chi connectivity index (χ4n) is 2.25. The molecule has 120 valence electrons. The fraction of sp³-hybridized carbons (Fsp3) is 0.500. The quantitative estimate of drug-likeness (QED) is 0.907. The first-order chi connectivity index (χ1) is 10.3. The van der Waals surface area contributed by atoms with E-state index in [-0.39, 0.29) is 6.09 Å². The van der Waals surface area contributed by atoms with E-state index in [1.54, 1.807) is 37.8 Å². The van der Waals surface area contributed by atoms with Crippen LogP contribution in [-0.4, -0.2) is 30.9 Å². The van der Waals surface area contributed by atoms with E-state index < -0.39 is 11.7 Å². The monoisotopic (exact) mass is 306 g/mol. The number of hydrogen-bond donors (Lipinski definition) is 1. The molecule has 1 aliphatic heterocycles. The second-order valence-corrected chi connectivity index (χ2v) is 6.08. The Hall–Kier alpha value is -2.24. The molecule has 1 aromatic rings. The zero-order valence-electron chi connectivity index (χ0n) is 13.4. The van der Waals surface area contributed by atoms with Gasteiger partial charge in [0.15, 0.2) is 0 Å². The van der Waals surface area contributed by atoms with Gasteiger partial charge in [-0.1, -0.05) is 6.07 Å². The lowest BCUT2D eigenvalue weighted by Crippen LogP contribution is -2.30. The van der Waals surface area contributed by atoms with Crippen LogP contribution in [0, 0.1) is 0 Å². The molecule has 0 saturated carbocycles. The van der Waals surface area contributed by atoms with Gasteiger partial charge in [0.05, 0.1) is 12.3 Å². The van der Waals surface area contributed by atoms with Crippen molar-refractivity contribution in [3.63, 3.8) is 0 Å². The topological polar surface area (TPSA) is 67.9 Å². The first-order valence-corrected chi connectivity index (χ1v) is 7.37. The van der Waals surface area contributed by atoms with Crippen molar-refractivity contribution in [3.8, 4) is 0 Å². The van der Waals surface area contributed by atoms with Crippen LogP contribution in [0.4, 0.5) is 21.0 Å². The summed E-state index contributed by atoms with van der Waals surface area (Å²) in [4.78, 5) is 25.3. The van der Waals surface area contributed by atoms with E-state index in [1.165, 1.54) is 0 Å². The highest BCUT2D eigenvalue weighted by atomic mass is 16.6. The first-order valence-electron chi connectivity index (χ1n) is 7.37. The molecule has 0 saturated heterocycles. The molecule has 0 bridgehead atoms. The molecule has 0 fully saturated rings. The Morgan fingerprint density at radius 2 is 2.14 bits per heavy atom. The van der Waals surface area contributed by atoms with Crippen LogP contribution >= 0.6 is 0 Å². The number of hydrogen-bond acceptors (Lipinski definition) is 4. The number of cyclic esters (lactones) is 1. The Labute approximate surface area is 130 Å². The molecule has 22 heavy (non-hydrogen) atoms. The van der Waals surface area contributed by atoms with Crippen LogP contribution in [0.5, 0.6) is 0 Å². The molecular formula is C16H22N2O4. The molecule has 2 rings (SSSR count). The lowest BCUT2D eigenvalue weighted by Gasteiger charge is -2.22. The van der Waals surface area contributed by atoms with Crippen LogP contribution in [0.2, 0.25) is 0 Å². The van der Waals surface area contributed by atoms with Crippen molar-refractivity contribution in [2.75, 3.05) is 23.4 Å². The Kier molecular flexibility index (Phi) is 4.59. The van der Waals surface area contributed by atoms with Crippen molar-refractivity contribution in [2.45, 2.75) is 39.7 Å². The Bertz CT molecular complexity index is 578. The molecule has 6 heteroatoms. The van der Waals surface area contributed by atoms with E-state index in [0.29, 0.717) is 25.3 Å². The Balaban J connectivity index is 2.22. The second-order valence-electron chi connectivity index (χ2n) is 6.08. The SMILES string of the molecule is CCN1C(=O)OCCc2ccc(NC(=O)OC(C)(C)C)cc21. The third-order valence-corrected chi connectivity index (χ3v) is 3.15. The van der Waals surface area contributed by atoms with E-state index >= 15 is 0 Å². The number of carbonyl (C=O) groups is 2.